The van der Waals surface area contributed by atoms with E-state index in [1.165, 1.54) is 25.0 Å². The molecule has 0 spiro atoms. The second-order valence-electron chi connectivity index (χ2n) is 4.82. The lowest BCUT2D eigenvalue weighted by Gasteiger charge is -2.40. The molecule has 3 rings (SSSR count). The van der Waals surface area contributed by atoms with Crippen LogP contribution in [0.3, 0.4) is 0 Å². The molecule has 0 bridgehead atoms. The highest BCUT2D eigenvalue weighted by atomic mass is 15.3. The average Bonchev–Trinajstić information content (AvgIpc) is 2.14. The minimum absolute atomic E-state index is 0.627. The summed E-state index contributed by atoms with van der Waals surface area (Å²) < 4.78 is 0. The summed E-state index contributed by atoms with van der Waals surface area (Å²) in [6, 6.07) is 2.80. The molecule has 2 fully saturated rings. The molecule has 1 saturated carbocycles. The highest BCUT2D eigenvalue weighted by Crippen LogP contribution is 2.36. The van der Waals surface area contributed by atoms with Gasteiger partial charge in [0.05, 0.1) is 0 Å². The van der Waals surface area contributed by atoms with Crippen LogP contribution in [0.2, 0.25) is 0 Å². The van der Waals surface area contributed by atoms with Crippen LogP contribution in [-0.4, -0.2) is 36.1 Å². The van der Waals surface area contributed by atoms with Crippen molar-refractivity contribution in [2.75, 3.05) is 25.0 Å². The molecule has 0 amide bonds. The van der Waals surface area contributed by atoms with E-state index < -0.39 is 0 Å². The van der Waals surface area contributed by atoms with E-state index in [1.807, 2.05) is 7.05 Å². The highest BCUT2D eigenvalue weighted by Gasteiger charge is 2.27. The molecule has 1 N–H and O–H groups in total. The quantitative estimate of drug-likeness (QED) is 0.826. The van der Waals surface area contributed by atoms with Gasteiger partial charge < -0.3 is 10.2 Å². The van der Waals surface area contributed by atoms with Gasteiger partial charge in [0.15, 0.2) is 0 Å². The first-order valence-corrected chi connectivity index (χ1v) is 6.11. The second-order valence-corrected chi connectivity index (χ2v) is 4.82. The third kappa shape index (κ3) is 1.67. The molecule has 1 aromatic rings. The molecule has 4 nitrogen and oxygen atoms in total. The zero-order valence-electron chi connectivity index (χ0n) is 9.69. The third-order valence-electron chi connectivity index (χ3n) is 3.81. The summed E-state index contributed by atoms with van der Waals surface area (Å²) in [6.07, 6.45) is 5.68. The Morgan fingerprint density at radius 2 is 2.12 bits per heavy atom. The van der Waals surface area contributed by atoms with Crippen molar-refractivity contribution in [1.82, 2.24) is 15.3 Å². The number of hydrogen-bond acceptors (Lipinski definition) is 4. The lowest BCUT2D eigenvalue weighted by Crippen LogP contribution is -2.57. The monoisotopic (exact) mass is 218 g/mol. The van der Waals surface area contributed by atoms with Gasteiger partial charge in [0, 0.05) is 36.8 Å². The van der Waals surface area contributed by atoms with E-state index >= 15 is 0 Å². The molecular formula is C12H18N4. The van der Waals surface area contributed by atoms with E-state index in [-0.39, 0.29) is 0 Å². The van der Waals surface area contributed by atoms with Gasteiger partial charge in [0.25, 0.3) is 0 Å². The van der Waals surface area contributed by atoms with Crippen LogP contribution in [-0.2, 0) is 0 Å². The fraction of sp³-hybridized carbons (Fsp3) is 0.667. The van der Waals surface area contributed by atoms with Crippen LogP contribution in [0, 0.1) is 0 Å². The van der Waals surface area contributed by atoms with Gasteiger partial charge in [-0.3, -0.25) is 0 Å². The van der Waals surface area contributed by atoms with E-state index in [0.29, 0.717) is 12.0 Å². The molecule has 16 heavy (non-hydrogen) atoms. The first kappa shape index (κ1) is 10.0. The molecule has 0 aromatic carbocycles. The van der Waals surface area contributed by atoms with Gasteiger partial charge in [0.2, 0.25) is 0 Å². The minimum atomic E-state index is 0.627. The summed E-state index contributed by atoms with van der Waals surface area (Å²) >= 11 is 0. The Bertz CT molecular complexity index is 369. The van der Waals surface area contributed by atoms with Gasteiger partial charge in [-0.15, -0.1) is 0 Å². The van der Waals surface area contributed by atoms with E-state index in [4.69, 9.17) is 0 Å². The maximum Gasteiger partial charge on any atom is 0.132 e. The van der Waals surface area contributed by atoms with Crippen molar-refractivity contribution in [2.24, 2.45) is 0 Å². The fourth-order valence-electron chi connectivity index (χ4n) is 2.31. The number of hydrogen-bond donors (Lipinski definition) is 1. The van der Waals surface area contributed by atoms with Crippen LogP contribution >= 0.6 is 0 Å². The van der Waals surface area contributed by atoms with Crippen LogP contribution in [0.1, 0.15) is 30.9 Å². The molecule has 1 aliphatic heterocycles. The van der Waals surface area contributed by atoms with Crippen LogP contribution in [0.25, 0.3) is 0 Å². The van der Waals surface area contributed by atoms with Crippen molar-refractivity contribution in [2.45, 2.75) is 31.2 Å². The van der Waals surface area contributed by atoms with Crippen molar-refractivity contribution in [3.05, 3.63) is 18.1 Å². The Labute approximate surface area is 96.1 Å². The van der Waals surface area contributed by atoms with E-state index in [9.17, 15) is 0 Å². The first-order valence-electron chi connectivity index (χ1n) is 6.11. The van der Waals surface area contributed by atoms with Crippen molar-refractivity contribution in [3.63, 3.8) is 0 Å². The molecule has 0 radical (unpaired) electrons. The number of anilines is 1. The Morgan fingerprint density at radius 3 is 2.75 bits per heavy atom. The van der Waals surface area contributed by atoms with Crippen LogP contribution < -0.4 is 10.2 Å². The van der Waals surface area contributed by atoms with Gasteiger partial charge in [-0.2, -0.15) is 0 Å². The average molecular weight is 218 g/mol. The van der Waals surface area contributed by atoms with Gasteiger partial charge in [-0.05, 0) is 19.9 Å². The molecule has 86 valence electrons. The predicted molar refractivity (Wildman–Crippen MR) is 63.7 cm³/mol. The summed E-state index contributed by atoms with van der Waals surface area (Å²) in [5.41, 5.74) is 1.24. The number of aromatic nitrogens is 2. The number of likely N-dealkylation sites (N-methyl/N-ethyl adjacent to an activating group) is 1. The Kier molecular flexibility index (Phi) is 2.52. The van der Waals surface area contributed by atoms with Crippen molar-refractivity contribution in [3.8, 4) is 0 Å². The molecule has 2 heterocycles. The van der Waals surface area contributed by atoms with E-state index in [2.05, 4.69) is 26.3 Å². The number of rotatable bonds is 3. The van der Waals surface area contributed by atoms with Gasteiger partial charge in [-0.25, -0.2) is 9.97 Å². The topological polar surface area (TPSA) is 41.0 Å². The molecule has 4 heteroatoms. The summed E-state index contributed by atoms with van der Waals surface area (Å²) in [4.78, 5) is 11.1. The van der Waals surface area contributed by atoms with Crippen molar-refractivity contribution in [1.29, 1.82) is 0 Å². The Hall–Kier alpha value is -1.16. The molecular weight excluding hydrogens is 200 g/mol. The van der Waals surface area contributed by atoms with Crippen LogP contribution in [0.5, 0.6) is 0 Å². The Morgan fingerprint density at radius 1 is 1.31 bits per heavy atom. The number of nitrogens with zero attached hydrogens (tertiary/aromatic N) is 3. The Balaban J connectivity index is 1.70. The normalized spacial score (nSPS) is 21.7. The zero-order valence-corrected chi connectivity index (χ0v) is 9.69. The van der Waals surface area contributed by atoms with E-state index in [0.717, 1.165) is 18.9 Å². The first-order chi connectivity index (χ1) is 7.86. The maximum absolute atomic E-state index is 4.39. The number of nitrogens with one attached hydrogen (secondary N) is 1. The summed E-state index contributed by atoms with van der Waals surface area (Å²) in [7, 11) is 2.02. The smallest absolute Gasteiger partial charge is 0.132 e. The predicted octanol–water partition coefficient (Wildman–Crippen LogP) is 1.15. The molecule has 1 aromatic heterocycles. The molecule has 2 aliphatic rings. The second kappa shape index (κ2) is 4.01. The molecule has 1 aliphatic carbocycles. The summed E-state index contributed by atoms with van der Waals surface area (Å²) in [6.45, 7) is 2.13. The van der Waals surface area contributed by atoms with Crippen molar-refractivity contribution < 1.29 is 0 Å². The van der Waals surface area contributed by atoms with E-state index in [1.54, 1.807) is 6.33 Å². The molecule has 0 atom stereocenters. The maximum atomic E-state index is 4.39. The van der Waals surface area contributed by atoms with Crippen LogP contribution in [0.4, 0.5) is 5.82 Å². The highest BCUT2D eigenvalue weighted by molar-refractivity contribution is 5.43. The van der Waals surface area contributed by atoms with Gasteiger partial charge in [-0.1, -0.05) is 6.42 Å². The third-order valence-corrected chi connectivity index (χ3v) is 3.81. The minimum Gasteiger partial charge on any atom is -0.353 e. The lowest BCUT2D eigenvalue weighted by atomic mass is 9.83. The SMILES string of the molecule is CNC1CN(c2cc(C3CCC3)ncn2)C1. The standard InChI is InChI=1S/C12H18N4/c1-13-10-6-16(7-10)12-5-11(14-8-15-12)9-3-2-4-9/h5,8-10,13H,2-4,6-7H2,1H3. The van der Waals surface area contributed by atoms with Crippen molar-refractivity contribution >= 4 is 5.82 Å². The lowest BCUT2D eigenvalue weighted by molar-refractivity contribution is 0.409. The summed E-state index contributed by atoms with van der Waals surface area (Å²) in [5, 5.41) is 3.28. The largest absolute Gasteiger partial charge is 0.353 e. The summed E-state index contributed by atoms with van der Waals surface area (Å²) in [5.74, 6) is 1.80. The van der Waals surface area contributed by atoms with Gasteiger partial charge >= 0.3 is 0 Å². The molecule has 0 unspecified atom stereocenters. The van der Waals surface area contributed by atoms with Crippen LogP contribution in [0.15, 0.2) is 12.4 Å². The molecule has 1 saturated heterocycles. The zero-order chi connectivity index (χ0) is 11.0. The fourth-order valence-corrected chi connectivity index (χ4v) is 2.31. The van der Waals surface area contributed by atoms with Gasteiger partial charge in [0.1, 0.15) is 12.1 Å².